The highest BCUT2D eigenvalue weighted by Gasteiger charge is 2.14. The number of anilines is 2. The molecule has 0 aliphatic heterocycles. The van der Waals surface area contributed by atoms with Gasteiger partial charge in [0, 0.05) is 16.7 Å². The smallest absolute Gasteiger partial charge is 0.339 e. The molecule has 0 atom stereocenters. The van der Waals surface area contributed by atoms with Crippen molar-refractivity contribution in [2.24, 2.45) is 0 Å². The Labute approximate surface area is 122 Å². The lowest BCUT2D eigenvalue weighted by Crippen LogP contribution is -2.06. The average molecular weight is 341 g/mol. The van der Waals surface area contributed by atoms with Crippen molar-refractivity contribution in [3.63, 3.8) is 0 Å². The topological polar surface area (TPSA) is 71.5 Å². The van der Waals surface area contributed by atoms with Crippen molar-refractivity contribution in [2.75, 3.05) is 12.4 Å². The van der Waals surface area contributed by atoms with E-state index in [1.807, 2.05) is 0 Å². The first-order chi connectivity index (χ1) is 9.51. The number of carboxylic acids is 1. The fourth-order valence-electron chi connectivity index (χ4n) is 1.56. The van der Waals surface area contributed by atoms with Gasteiger partial charge in [-0.3, -0.25) is 0 Å². The van der Waals surface area contributed by atoms with E-state index in [2.05, 4.69) is 26.2 Å². The molecule has 0 fully saturated rings. The van der Waals surface area contributed by atoms with Crippen LogP contribution in [0.5, 0.6) is 5.75 Å². The summed E-state index contributed by atoms with van der Waals surface area (Å²) in [6.07, 6.45) is 1.42. The lowest BCUT2D eigenvalue weighted by molar-refractivity contribution is 0.0697. The highest BCUT2D eigenvalue weighted by atomic mass is 79.9. The van der Waals surface area contributed by atoms with Crippen molar-refractivity contribution >= 4 is 33.4 Å². The maximum Gasteiger partial charge on any atom is 0.339 e. The third-order valence-electron chi connectivity index (χ3n) is 2.51. The molecule has 1 aromatic carbocycles. The molecular formula is C13H10BrFN2O3. The van der Waals surface area contributed by atoms with Crippen LogP contribution in [0.3, 0.4) is 0 Å². The van der Waals surface area contributed by atoms with Gasteiger partial charge in [-0.05, 0) is 34.1 Å². The molecule has 5 nitrogen and oxygen atoms in total. The van der Waals surface area contributed by atoms with Crippen LogP contribution < -0.4 is 10.1 Å². The van der Waals surface area contributed by atoms with Crippen LogP contribution in [0.15, 0.2) is 34.9 Å². The Morgan fingerprint density at radius 2 is 2.20 bits per heavy atom. The molecule has 0 bridgehead atoms. The molecule has 0 aliphatic rings. The van der Waals surface area contributed by atoms with E-state index in [0.717, 1.165) is 0 Å². The molecule has 1 heterocycles. The zero-order valence-electron chi connectivity index (χ0n) is 10.4. The molecule has 0 saturated heterocycles. The summed E-state index contributed by atoms with van der Waals surface area (Å²) in [5, 5.41) is 11.8. The normalized spacial score (nSPS) is 10.2. The number of aromatic nitrogens is 1. The fourth-order valence-corrected chi connectivity index (χ4v) is 1.89. The second kappa shape index (κ2) is 5.87. The summed E-state index contributed by atoms with van der Waals surface area (Å²) >= 11 is 3.14. The van der Waals surface area contributed by atoms with E-state index in [-0.39, 0.29) is 17.1 Å². The Morgan fingerprint density at radius 3 is 2.85 bits per heavy atom. The molecule has 0 unspecified atom stereocenters. The van der Waals surface area contributed by atoms with Crippen LogP contribution in [-0.2, 0) is 0 Å². The summed E-state index contributed by atoms with van der Waals surface area (Å²) in [6.45, 7) is 0. The average Bonchev–Trinajstić information content (AvgIpc) is 2.42. The summed E-state index contributed by atoms with van der Waals surface area (Å²) in [5.41, 5.74) is 0.0169. The van der Waals surface area contributed by atoms with Crippen LogP contribution in [0.4, 0.5) is 15.9 Å². The monoisotopic (exact) mass is 340 g/mol. The second-order valence-corrected chi connectivity index (χ2v) is 4.74. The number of methoxy groups -OCH3 is 1. The van der Waals surface area contributed by atoms with E-state index < -0.39 is 11.8 Å². The fraction of sp³-hybridized carbons (Fsp3) is 0.0769. The van der Waals surface area contributed by atoms with Crippen molar-refractivity contribution in [1.82, 2.24) is 4.98 Å². The zero-order valence-corrected chi connectivity index (χ0v) is 11.9. The van der Waals surface area contributed by atoms with Gasteiger partial charge >= 0.3 is 5.97 Å². The first-order valence-electron chi connectivity index (χ1n) is 5.50. The third kappa shape index (κ3) is 3.05. The number of rotatable bonds is 4. The van der Waals surface area contributed by atoms with Gasteiger partial charge in [0.2, 0.25) is 0 Å². The van der Waals surface area contributed by atoms with E-state index in [4.69, 9.17) is 9.84 Å². The highest BCUT2D eigenvalue weighted by Crippen LogP contribution is 2.26. The molecule has 0 saturated carbocycles. The van der Waals surface area contributed by atoms with Gasteiger partial charge in [-0.25, -0.2) is 14.2 Å². The van der Waals surface area contributed by atoms with Gasteiger partial charge < -0.3 is 15.2 Å². The number of aromatic carboxylic acids is 1. The highest BCUT2D eigenvalue weighted by molar-refractivity contribution is 9.10. The quantitative estimate of drug-likeness (QED) is 0.892. The molecule has 1 aromatic heterocycles. The lowest BCUT2D eigenvalue weighted by atomic mass is 10.2. The molecule has 0 amide bonds. The Morgan fingerprint density at radius 1 is 1.45 bits per heavy atom. The van der Waals surface area contributed by atoms with Crippen molar-refractivity contribution in [3.05, 3.63) is 46.3 Å². The van der Waals surface area contributed by atoms with Gasteiger partial charge in [0.25, 0.3) is 0 Å². The summed E-state index contributed by atoms with van der Waals surface area (Å²) in [5.74, 6) is -1.20. The Kier molecular flexibility index (Phi) is 4.19. The number of hydrogen-bond acceptors (Lipinski definition) is 4. The number of pyridine rings is 1. The molecule has 2 aromatic rings. The minimum atomic E-state index is -1.16. The summed E-state index contributed by atoms with van der Waals surface area (Å²) in [4.78, 5) is 15.1. The van der Waals surface area contributed by atoms with Gasteiger partial charge in [0.15, 0.2) is 0 Å². The van der Waals surface area contributed by atoms with Gasteiger partial charge in [-0.1, -0.05) is 0 Å². The number of benzene rings is 1. The molecule has 20 heavy (non-hydrogen) atoms. The number of hydrogen-bond donors (Lipinski definition) is 2. The number of halogens is 2. The van der Waals surface area contributed by atoms with Crippen molar-refractivity contribution in [2.45, 2.75) is 0 Å². The third-order valence-corrected chi connectivity index (χ3v) is 2.95. The van der Waals surface area contributed by atoms with Crippen LogP contribution in [0.25, 0.3) is 0 Å². The standard InChI is InChI=1S/C13H10BrFN2O3/c1-20-8-2-3-10(15)11(5-8)17-12-9(13(18)19)4-7(14)6-16-12/h2-6H,1H3,(H,16,17)(H,18,19). The molecular weight excluding hydrogens is 331 g/mol. The van der Waals surface area contributed by atoms with Crippen LogP contribution in [0, 0.1) is 5.82 Å². The molecule has 2 rings (SSSR count). The molecule has 0 radical (unpaired) electrons. The first kappa shape index (κ1) is 14.3. The SMILES string of the molecule is COc1ccc(F)c(Nc2ncc(Br)cc2C(=O)O)c1. The number of nitrogens with one attached hydrogen (secondary N) is 1. The predicted octanol–water partition coefficient (Wildman–Crippen LogP) is 3.43. The molecule has 0 spiro atoms. The van der Waals surface area contributed by atoms with Crippen LogP contribution in [0.1, 0.15) is 10.4 Å². The van der Waals surface area contributed by atoms with Gasteiger partial charge in [0.1, 0.15) is 22.9 Å². The number of carboxylic acid groups (broad SMARTS) is 1. The Balaban J connectivity index is 2.42. The molecule has 7 heteroatoms. The molecule has 2 N–H and O–H groups in total. The maximum absolute atomic E-state index is 13.7. The van der Waals surface area contributed by atoms with Crippen LogP contribution >= 0.6 is 15.9 Å². The van der Waals surface area contributed by atoms with Gasteiger partial charge in [-0.15, -0.1) is 0 Å². The van der Waals surface area contributed by atoms with Gasteiger partial charge in [0.05, 0.1) is 12.8 Å². The van der Waals surface area contributed by atoms with E-state index in [1.54, 1.807) is 0 Å². The van der Waals surface area contributed by atoms with E-state index >= 15 is 0 Å². The first-order valence-corrected chi connectivity index (χ1v) is 6.30. The van der Waals surface area contributed by atoms with Crippen molar-refractivity contribution in [1.29, 1.82) is 0 Å². The largest absolute Gasteiger partial charge is 0.497 e. The predicted molar refractivity (Wildman–Crippen MR) is 75.1 cm³/mol. The van der Waals surface area contributed by atoms with Crippen LogP contribution in [0.2, 0.25) is 0 Å². The Hall–Kier alpha value is -2.15. The summed E-state index contributed by atoms with van der Waals surface area (Å²) in [7, 11) is 1.46. The summed E-state index contributed by atoms with van der Waals surface area (Å²) in [6, 6.07) is 5.49. The minimum absolute atomic E-state index is 0.0489. The number of carbonyl (C=O) groups is 1. The lowest BCUT2D eigenvalue weighted by Gasteiger charge is -2.11. The van der Waals surface area contributed by atoms with E-state index in [0.29, 0.717) is 10.2 Å². The van der Waals surface area contributed by atoms with E-state index in [9.17, 15) is 9.18 Å². The van der Waals surface area contributed by atoms with Crippen molar-refractivity contribution in [3.8, 4) is 5.75 Å². The van der Waals surface area contributed by atoms with Crippen molar-refractivity contribution < 1.29 is 19.0 Å². The maximum atomic E-state index is 13.7. The molecule has 104 valence electrons. The second-order valence-electron chi connectivity index (χ2n) is 3.83. The summed E-state index contributed by atoms with van der Waals surface area (Å²) < 4.78 is 19.2. The van der Waals surface area contributed by atoms with E-state index in [1.165, 1.54) is 37.6 Å². The van der Waals surface area contributed by atoms with Gasteiger partial charge in [-0.2, -0.15) is 0 Å². The zero-order chi connectivity index (χ0) is 14.7. The van der Waals surface area contributed by atoms with Crippen LogP contribution in [-0.4, -0.2) is 23.2 Å². The molecule has 0 aliphatic carbocycles. The minimum Gasteiger partial charge on any atom is -0.497 e. The Bertz CT molecular complexity index is 664. The number of nitrogens with zero attached hydrogens (tertiary/aromatic N) is 1. The number of ether oxygens (including phenoxy) is 1.